The third-order valence-electron chi connectivity index (χ3n) is 2.59. The largest absolute Gasteiger partial charge is 0.326 e. The van der Waals surface area contributed by atoms with Crippen molar-refractivity contribution in [3.05, 3.63) is 34.9 Å². The minimum Gasteiger partial charge on any atom is -0.326 e. The van der Waals surface area contributed by atoms with E-state index in [9.17, 15) is 9.59 Å². The lowest BCUT2D eigenvalue weighted by atomic mass is 10.1. The van der Waals surface area contributed by atoms with Crippen molar-refractivity contribution in [1.82, 2.24) is 4.90 Å². The predicted molar refractivity (Wildman–Crippen MR) is 55.4 cm³/mol. The Morgan fingerprint density at radius 2 is 1.87 bits per heavy atom. The van der Waals surface area contributed by atoms with Crippen LogP contribution < -0.4 is 5.73 Å². The van der Waals surface area contributed by atoms with E-state index in [-0.39, 0.29) is 11.8 Å². The summed E-state index contributed by atoms with van der Waals surface area (Å²) in [7, 11) is 0. The highest BCUT2D eigenvalue weighted by Crippen LogP contribution is 2.23. The Labute approximate surface area is 87.7 Å². The molecule has 0 aliphatic carbocycles. The summed E-state index contributed by atoms with van der Waals surface area (Å²) < 4.78 is 0. The van der Waals surface area contributed by atoms with Gasteiger partial charge in [0, 0.05) is 13.1 Å². The fraction of sp³-hybridized carbons (Fsp3) is 0.273. The molecule has 0 spiro atoms. The summed E-state index contributed by atoms with van der Waals surface area (Å²) in [6.45, 7) is 2.57. The first kappa shape index (κ1) is 9.86. The molecule has 4 heteroatoms. The molecule has 1 heterocycles. The van der Waals surface area contributed by atoms with Gasteiger partial charge in [-0.25, -0.2) is 0 Å². The molecule has 0 radical (unpaired) electrons. The zero-order valence-corrected chi connectivity index (χ0v) is 8.49. The Morgan fingerprint density at radius 3 is 2.47 bits per heavy atom. The second-order valence-electron chi connectivity index (χ2n) is 3.44. The van der Waals surface area contributed by atoms with Gasteiger partial charge in [0.05, 0.1) is 11.1 Å². The molecule has 15 heavy (non-hydrogen) atoms. The molecule has 0 fully saturated rings. The Balaban J connectivity index is 2.53. The van der Waals surface area contributed by atoms with Gasteiger partial charge in [-0.05, 0) is 24.6 Å². The number of carbonyl (C=O) groups is 2. The topological polar surface area (TPSA) is 63.4 Å². The fourth-order valence-electron chi connectivity index (χ4n) is 1.75. The Kier molecular flexibility index (Phi) is 2.28. The highest BCUT2D eigenvalue weighted by molar-refractivity contribution is 6.21. The van der Waals surface area contributed by atoms with E-state index in [1.165, 1.54) is 4.90 Å². The van der Waals surface area contributed by atoms with E-state index < -0.39 is 0 Å². The third-order valence-corrected chi connectivity index (χ3v) is 2.59. The number of fused-ring (bicyclic) bond motifs is 1. The summed E-state index contributed by atoms with van der Waals surface area (Å²) in [5.41, 5.74) is 7.31. The van der Waals surface area contributed by atoms with Gasteiger partial charge in [-0.2, -0.15) is 0 Å². The van der Waals surface area contributed by atoms with E-state index in [1.807, 2.05) is 0 Å². The van der Waals surface area contributed by atoms with Gasteiger partial charge in [0.1, 0.15) is 0 Å². The van der Waals surface area contributed by atoms with E-state index in [0.29, 0.717) is 24.2 Å². The smallest absolute Gasteiger partial charge is 0.261 e. The Hall–Kier alpha value is -1.68. The quantitative estimate of drug-likeness (QED) is 0.723. The van der Waals surface area contributed by atoms with Crippen LogP contribution in [0.4, 0.5) is 0 Å². The minimum absolute atomic E-state index is 0.207. The maximum Gasteiger partial charge on any atom is 0.261 e. The molecule has 0 bridgehead atoms. The van der Waals surface area contributed by atoms with Gasteiger partial charge in [-0.15, -0.1) is 0 Å². The van der Waals surface area contributed by atoms with Crippen molar-refractivity contribution >= 4 is 11.8 Å². The molecule has 1 aliphatic rings. The molecule has 2 N–H and O–H groups in total. The second-order valence-corrected chi connectivity index (χ2v) is 3.44. The Morgan fingerprint density at radius 1 is 1.20 bits per heavy atom. The van der Waals surface area contributed by atoms with Crippen LogP contribution in [0.5, 0.6) is 0 Å². The summed E-state index contributed by atoms with van der Waals surface area (Å²) in [6, 6.07) is 5.15. The van der Waals surface area contributed by atoms with E-state index in [2.05, 4.69) is 0 Å². The van der Waals surface area contributed by atoms with E-state index in [4.69, 9.17) is 5.73 Å². The van der Waals surface area contributed by atoms with Crippen molar-refractivity contribution < 1.29 is 9.59 Å². The van der Waals surface area contributed by atoms with Crippen molar-refractivity contribution in [3.8, 4) is 0 Å². The van der Waals surface area contributed by atoms with E-state index in [0.717, 1.165) is 5.56 Å². The van der Waals surface area contributed by atoms with Gasteiger partial charge in [-0.1, -0.05) is 6.07 Å². The molecule has 0 saturated heterocycles. The second kappa shape index (κ2) is 3.47. The number of hydrogen-bond donors (Lipinski definition) is 1. The molecular formula is C11H12N2O2. The van der Waals surface area contributed by atoms with Crippen LogP contribution in [0.25, 0.3) is 0 Å². The summed E-state index contributed by atoms with van der Waals surface area (Å²) in [4.78, 5) is 24.7. The van der Waals surface area contributed by atoms with Gasteiger partial charge < -0.3 is 5.73 Å². The van der Waals surface area contributed by atoms with Gasteiger partial charge in [0.15, 0.2) is 0 Å². The van der Waals surface area contributed by atoms with Crippen molar-refractivity contribution in [3.63, 3.8) is 0 Å². The van der Waals surface area contributed by atoms with Crippen LogP contribution in [0.2, 0.25) is 0 Å². The predicted octanol–water partition coefficient (Wildman–Crippen LogP) is 0.761. The van der Waals surface area contributed by atoms with Crippen molar-refractivity contribution in [1.29, 1.82) is 0 Å². The standard InChI is InChI=1S/C11H12N2O2/c1-2-13-10(14)8-4-3-7(6-12)5-9(8)11(13)15/h3-5H,2,6,12H2,1H3. The Bertz CT molecular complexity index is 440. The van der Waals surface area contributed by atoms with Crippen LogP contribution in [-0.2, 0) is 6.54 Å². The first-order valence-corrected chi connectivity index (χ1v) is 4.88. The van der Waals surface area contributed by atoms with Crippen LogP contribution in [-0.4, -0.2) is 23.3 Å². The average Bonchev–Trinajstić information content (AvgIpc) is 2.51. The molecule has 0 aromatic heterocycles. The van der Waals surface area contributed by atoms with Gasteiger partial charge in [0.25, 0.3) is 11.8 Å². The highest BCUT2D eigenvalue weighted by Gasteiger charge is 2.34. The molecule has 0 unspecified atom stereocenters. The average molecular weight is 204 g/mol. The number of amides is 2. The van der Waals surface area contributed by atoms with Crippen LogP contribution >= 0.6 is 0 Å². The van der Waals surface area contributed by atoms with Crippen molar-refractivity contribution in [2.24, 2.45) is 5.73 Å². The highest BCUT2D eigenvalue weighted by atomic mass is 16.2. The summed E-state index contributed by atoms with van der Waals surface area (Å²) >= 11 is 0. The first-order chi connectivity index (χ1) is 7.19. The van der Waals surface area contributed by atoms with E-state index >= 15 is 0 Å². The molecule has 2 rings (SSSR count). The minimum atomic E-state index is -0.215. The first-order valence-electron chi connectivity index (χ1n) is 4.88. The molecule has 4 nitrogen and oxygen atoms in total. The monoisotopic (exact) mass is 204 g/mol. The lowest BCUT2D eigenvalue weighted by molar-refractivity contribution is 0.0663. The lowest BCUT2D eigenvalue weighted by Gasteiger charge is -2.08. The fourth-order valence-corrected chi connectivity index (χ4v) is 1.75. The van der Waals surface area contributed by atoms with Crippen LogP contribution in [0.1, 0.15) is 33.2 Å². The third kappa shape index (κ3) is 1.34. The van der Waals surface area contributed by atoms with E-state index in [1.54, 1.807) is 25.1 Å². The SMILES string of the molecule is CCN1C(=O)c2ccc(CN)cc2C1=O. The number of nitrogens with zero attached hydrogens (tertiary/aromatic N) is 1. The number of carbonyl (C=O) groups excluding carboxylic acids is 2. The summed E-state index contributed by atoms with van der Waals surface area (Å²) in [5, 5.41) is 0. The summed E-state index contributed by atoms with van der Waals surface area (Å²) in [5.74, 6) is -0.422. The van der Waals surface area contributed by atoms with Crippen LogP contribution in [0.3, 0.4) is 0 Å². The zero-order chi connectivity index (χ0) is 11.0. The normalized spacial score (nSPS) is 14.7. The molecule has 0 atom stereocenters. The van der Waals surface area contributed by atoms with Crippen molar-refractivity contribution in [2.75, 3.05) is 6.54 Å². The number of nitrogens with two attached hydrogens (primary N) is 1. The van der Waals surface area contributed by atoms with Crippen LogP contribution in [0.15, 0.2) is 18.2 Å². The molecular weight excluding hydrogens is 192 g/mol. The summed E-state index contributed by atoms with van der Waals surface area (Å²) in [6.07, 6.45) is 0. The van der Waals surface area contributed by atoms with Gasteiger partial charge in [0.2, 0.25) is 0 Å². The maximum atomic E-state index is 11.8. The van der Waals surface area contributed by atoms with Crippen molar-refractivity contribution in [2.45, 2.75) is 13.5 Å². The maximum absolute atomic E-state index is 11.8. The zero-order valence-electron chi connectivity index (χ0n) is 8.49. The van der Waals surface area contributed by atoms with Crippen LogP contribution in [0, 0.1) is 0 Å². The van der Waals surface area contributed by atoms with Gasteiger partial charge in [-0.3, -0.25) is 14.5 Å². The molecule has 1 aliphatic heterocycles. The molecule has 1 aromatic carbocycles. The molecule has 2 amide bonds. The number of imide groups is 1. The van der Waals surface area contributed by atoms with Gasteiger partial charge >= 0.3 is 0 Å². The molecule has 78 valence electrons. The number of rotatable bonds is 2. The molecule has 0 saturated carbocycles. The lowest BCUT2D eigenvalue weighted by Crippen LogP contribution is -2.29. The number of hydrogen-bond acceptors (Lipinski definition) is 3. The molecule has 1 aromatic rings. The number of benzene rings is 1.